The molecule has 5 heteroatoms. The van der Waals surface area contributed by atoms with Crippen molar-refractivity contribution in [2.24, 2.45) is 0 Å². The molecular weight excluding hydrogens is 239 g/mol. The Morgan fingerprint density at radius 3 is 3.18 bits per heavy atom. The van der Waals surface area contributed by atoms with Crippen LogP contribution < -0.4 is 4.90 Å². The molecule has 0 saturated carbocycles. The van der Waals surface area contributed by atoms with E-state index >= 15 is 0 Å². The van der Waals surface area contributed by atoms with E-state index in [1.165, 1.54) is 6.07 Å². The zero-order valence-corrected chi connectivity index (χ0v) is 10.3. The van der Waals surface area contributed by atoms with E-state index < -0.39 is 0 Å². The molecule has 1 saturated heterocycles. The van der Waals surface area contributed by atoms with E-state index in [2.05, 4.69) is 9.88 Å². The zero-order valence-electron chi connectivity index (χ0n) is 9.52. The molecule has 0 amide bonds. The average molecular weight is 252 g/mol. The van der Waals surface area contributed by atoms with Gasteiger partial charge in [0.25, 0.3) is 0 Å². The molecule has 3 nitrogen and oxygen atoms in total. The molecule has 1 atom stereocenters. The first-order valence-electron chi connectivity index (χ1n) is 5.60. The molecular formula is C12H13FN2OS. The second-order valence-electron chi connectivity index (χ2n) is 4.20. The van der Waals surface area contributed by atoms with Crippen molar-refractivity contribution >= 4 is 26.7 Å². The lowest BCUT2D eigenvalue weighted by atomic mass is 10.3. The second kappa shape index (κ2) is 4.23. The summed E-state index contributed by atoms with van der Waals surface area (Å²) in [6.07, 6.45) is 1.32. The lowest BCUT2D eigenvalue weighted by molar-refractivity contribution is 0.121. The summed E-state index contributed by atoms with van der Waals surface area (Å²) < 4.78 is 19.3. The third-order valence-corrected chi connectivity index (χ3v) is 4.17. The minimum atomic E-state index is -0.205. The van der Waals surface area contributed by atoms with Crippen molar-refractivity contribution in [2.45, 2.75) is 12.5 Å². The van der Waals surface area contributed by atoms with E-state index in [0.717, 1.165) is 34.9 Å². The number of nitrogens with zero attached hydrogens (tertiary/aromatic N) is 2. The van der Waals surface area contributed by atoms with E-state index in [4.69, 9.17) is 4.74 Å². The molecule has 2 aromatic rings. The molecule has 1 aromatic heterocycles. The molecule has 0 aliphatic carbocycles. The number of aromatic nitrogens is 1. The predicted molar refractivity (Wildman–Crippen MR) is 67.2 cm³/mol. The third kappa shape index (κ3) is 2.00. The Balaban J connectivity index is 1.91. The summed E-state index contributed by atoms with van der Waals surface area (Å²) in [6.45, 7) is 1.83. The van der Waals surface area contributed by atoms with Gasteiger partial charge in [0.05, 0.1) is 16.3 Å². The van der Waals surface area contributed by atoms with Crippen LogP contribution in [0.1, 0.15) is 6.42 Å². The number of hydrogen-bond acceptors (Lipinski definition) is 4. The van der Waals surface area contributed by atoms with Gasteiger partial charge in [-0.1, -0.05) is 11.3 Å². The zero-order chi connectivity index (χ0) is 11.8. The number of fused-ring (bicyclic) bond motifs is 1. The van der Waals surface area contributed by atoms with Crippen molar-refractivity contribution < 1.29 is 9.13 Å². The van der Waals surface area contributed by atoms with E-state index in [-0.39, 0.29) is 5.82 Å². The first-order valence-corrected chi connectivity index (χ1v) is 6.42. The molecule has 17 heavy (non-hydrogen) atoms. The molecule has 0 N–H and O–H groups in total. The summed E-state index contributed by atoms with van der Waals surface area (Å²) in [4.78, 5) is 6.73. The number of rotatable bonds is 2. The van der Waals surface area contributed by atoms with Crippen molar-refractivity contribution in [3.8, 4) is 0 Å². The largest absolute Gasteiger partial charge is 0.380 e. The maximum absolute atomic E-state index is 13.1. The molecule has 2 heterocycles. The highest BCUT2D eigenvalue weighted by atomic mass is 32.1. The van der Waals surface area contributed by atoms with Crippen molar-refractivity contribution in [1.82, 2.24) is 4.98 Å². The van der Waals surface area contributed by atoms with Gasteiger partial charge in [-0.25, -0.2) is 9.37 Å². The van der Waals surface area contributed by atoms with Gasteiger partial charge >= 0.3 is 0 Å². The molecule has 90 valence electrons. The first-order chi connectivity index (χ1) is 8.26. The maximum atomic E-state index is 13.1. The van der Waals surface area contributed by atoms with Crippen molar-refractivity contribution in [1.29, 1.82) is 0 Å². The van der Waals surface area contributed by atoms with Gasteiger partial charge in [-0.05, 0) is 24.6 Å². The second-order valence-corrected chi connectivity index (χ2v) is 5.21. The summed E-state index contributed by atoms with van der Waals surface area (Å²) in [5.41, 5.74) is 0.868. The van der Waals surface area contributed by atoms with Gasteiger partial charge in [0.15, 0.2) is 5.13 Å². The summed E-state index contributed by atoms with van der Waals surface area (Å²) in [5, 5.41) is 0.963. The fraction of sp³-hybridized carbons (Fsp3) is 0.417. The van der Waals surface area contributed by atoms with E-state index in [9.17, 15) is 4.39 Å². The lowest BCUT2D eigenvalue weighted by Gasteiger charge is -2.13. The number of methoxy groups -OCH3 is 1. The molecule has 0 bridgehead atoms. The smallest absolute Gasteiger partial charge is 0.186 e. The van der Waals surface area contributed by atoms with E-state index in [1.807, 2.05) is 0 Å². The van der Waals surface area contributed by atoms with Gasteiger partial charge in [0.2, 0.25) is 0 Å². The van der Waals surface area contributed by atoms with Gasteiger partial charge < -0.3 is 9.64 Å². The number of halogens is 1. The summed E-state index contributed by atoms with van der Waals surface area (Å²) in [6, 6.07) is 4.72. The number of benzene rings is 1. The Kier molecular flexibility index (Phi) is 2.72. The monoisotopic (exact) mass is 252 g/mol. The van der Waals surface area contributed by atoms with Crippen LogP contribution in [-0.2, 0) is 4.74 Å². The summed E-state index contributed by atoms with van der Waals surface area (Å²) in [7, 11) is 1.74. The Labute approximate surface area is 103 Å². The first kappa shape index (κ1) is 10.9. The number of thiazole rings is 1. The molecule has 1 aliphatic rings. The molecule has 1 aromatic carbocycles. The molecule has 1 fully saturated rings. The van der Waals surface area contributed by atoms with E-state index in [1.54, 1.807) is 30.6 Å². The average Bonchev–Trinajstić information content (AvgIpc) is 2.93. The standard InChI is InChI=1S/C12H13FN2OS/c1-16-9-4-5-15(7-9)12-14-10-3-2-8(13)6-11(10)17-12/h2-3,6,9H,4-5,7H2,1H3. The topological polar surface area (TPSA) is 25.4 Å². The van der Waals surface area contributed by atoms with Crippen molar-refractivity contribution in [3.05, 3.63) is 24.0 Å². The maximum Gasteiger partial charge on any atom is 0.186 e. The fourth-order valence-corrected chi connectivity index (χ4v) is 3.14. The van der Waals surface area contributed by atoms with Crippen LogP contribution in [-0.4, -0.2) is 31.3 Å². The van der Waals surface area contributed by atoms with Gasteiger partial charge in [-0.15, -0.1) is 0 Å². The summed E-state index contributed by atoms with van der Waals surface area (Å²) >= 11 is 1.54. The van der Waals surface area contributed by atoms with Gasteiger partial charge in [-0.2, -0.15) is 0 Å². The number of hydrogen-bond donors (Lipinski definition) is 0. The molecule has 1 unspecified atom stereocenters. The van der Waals surface area contributed by atoms with Crippen LogP contribution in [0.15, 0.2) is 18.2 Å². The molecule has 3 rings (SSSR count). The third-order valence-electron chi connectivity index (χ3n) is 3.09. The minimum Gasteiger partial charge on any atom is -0.380 e. The quantitative estimate of drug-likeness (QED) is 0.821. The Hall–Kier alpha value is -1.20. The van der Waals surface area contributed by atoms with E-state index in [0.29, 0.717) is 6.10 Å². The summed E-state index contributed by atoms with van der Waals surface area (Å²) in [5.74, 6) is -0.205. The van der Waals surface area contributed by atoms with Gasteiger partial charge in [0, 0.05) is 20.2 Å². The highest BCUT2D eigenvalue weighted by molar-refractivity contribution is 7.22. The SMILES string of the molecule is COC1CCN(c2nc3ccc(F)cc3s2)C1. The Morgan fingerprint density at radius 2 is 2.41 bits per heavy atom. The molecule has 0 spiro atoms. The van der Waals surface area contributed by atoms with Crippen LogP contribution in [0.5, 0.6) is 0 Å². The lowest BCUT2D eigenvalue weighted by Crippen LogP contribution is -2.21. The van der Waals surface area contributed by atoms with Crippen LogP contribution in [0.3, 0.4) is 0 Å². The Bertz CT molecular complexity index is 542. The minimum absolute atomic E-state index is 0.205. The molecule has 0 radical (unpaired) electrons. The van der Waals surface area contributed by atoms with Crippen LogP contribution in [0, 0.1) is 5.82 Å². The fourth-order valence-electron chi connectivity index (χ4n) is 2.12. The van der Waals surface area contributed by atoms with Crippen molar-refractivity contribution in [2.75, 3.05) is 25.1 Å². The van der Waals surface area contributed by atoms with Crippen LogP contribution >= 0.6 is 11.3 Å². The van der Waals surface area contributed by atoms with Crippen LogP contribution in [0.25, 0.3) is 10.2 Å². The highest BCUT2D eigenvalue weighted by Gasteiger charge is 2.24. The van der Waals surface area contributed by atoms with Crippen LogP contribution in [0.4, 0.5) is 9.52 Å². The molecule has 1 aliphatic heterocycles. The predicted octanol–water partition coefficient (Wildman–Crippen LogP) is 2.66. The number of anilines is 1. The normalized spacial score (nSPS) is 20.4. The van der Waals surface area contributed by atoms with Crippen molar-refractivity contribution in [3.63, 3.8) is 0 Å². The number of ether oxygens (including phenoxy) is 1. The Morgan fingerprint density at radius 1 is 1.53 bits per heavy atom. The highest BCUT2D eigenvalue weighted by Crippen LogP contribution is 2.31. The van der Waals surface area contributed by atoms with Crippen LogP contribution in [0.2, 0.25) is 0 Å². The van der Waals surface area contributed by atoms with Gasteiger partial charge in [-0.3, -0.25) is 0 Å². The van der Waals surface area contributed by atoms with Gasteiger partial charge in [0.1, 0.15) is 5.82 Å².